The molecule has 2 saturated heterocycles. The van der Waals surface area contributed by atoms with Crippen LogP contribution in [0.15, 0.2) is 12.4 Å². The molecule has 0 atom stereocenters. The first kappa shape index (κ1) is 15.1. The molecule has 2 aliphatic rings. The number of amides is 1. The van der Waals surface area contributed by atoms with Crippen LogP contribution in [-0.4, -0.2) is 46.5 Å². The van der Waals surface area contributed by atoms with Crippen molar-refractivity contribution in [3.05, 3.63) is 18.2 Å². The van der Waals surface area contributed by atoms with Crippen LogP contribution in [-0.2, 0) is 11.0 Å². The zero-order chi connectivity index (χ0) is 15.7. The van der Waals surface area contributed by atoms with Crippen LogP contribution in [0.5, 0.6) is 0 Å². The van der Waals surface area contributed by atoms with E-state index in [0.29, 0.717) is 25.2 Å². The van der Waals surface area contributed by atoms with E-state index in [0.717, 1.165) is 25.8 Å². The number of carbonyl (C=O) groups is 1. The van der Waals surface area contributed by atoms with Crippen molar-refractivity contribution in [3.63, 3.8) is 0 Å². The molecule has 1 aromatic rings. The van der Waals surface area contributed by atoms with Gasteiger partial charge in [0.15, 0.2) is 0 Å². The molecule has 2 aliphatic heterocycles. The predicted octanol–water partition coefficient (Wildman–Crippen LogP) is 2.09. The first-order valence-electron chi connectivity index (χ1n) is 7.39. The highest BCUT2D eigenvalue weighted by atomic mass is 19.4. The van der Waals surface area contributed by atoms with E-state index in [4.69, 9.17) is 0 Å². The molecule has 3 rings (SSSR count). The third-order valence-corrected chi connectivity index (χ3v) is 4.27. The topological polar surface area (TPSA) is 49.3 Å². The van der Waals surface area contributed by atoms with Crippen LogP contribution in [0.25, 0.3) is 0 Å². The molecule has 5 nitrogen and oxygen atoms in total. The molecule has 0 unspecified atom stereocenters. The SMILES string of the molecule is O=C1CCCN1C1CCN(c2cnc(C(F)(F)F)nc2)CC1. The molecule has 0 aromatic carbocycles. The quantitative estimate of drug-likeness (QED) is 0.839. The Morgan fingerprint density at radius 1 is 1.09 bits per heavy atom. The molecule has 0 N–H and O–H groups in total. The average Bonchev–Trinajstić information content (AvgIpc) is 2.93. The highest BCUT2D eigenvalue weighted by Crippen LogP contribution is 2.28. The fourth-order valence-electron chi connectivity index (χ4n) is 3.12. The summed E-state index contributed by atoms with van der Waals surface area (Å²) in [5, 5.41) is 0. The van der Waals surface area contributed by atoms with Crippen LogP contribution >= 0.6 is 0 Å². The Morgan fingerprint density at radius 3 is 2.23 bits per heavy atom. The van der Waals surface area contributed by atoms with Crippen LogP contribution in [0.1, 0.15) is 31.5 Å². The summed E-state index contributed by atoms with van der Waals surface area (Å²) >= 11 is 0. The van der Waals surface area contributed by atoms with Crippen LogP contribution in [0.4, 0.5) is 18.9 Å². The number of carbonyl (C=O) groups excluding carboxylic acids is 1. The lowest BCUT2D eigenvalue weighted by molar-refractivity contribution is -0.145. The molecule has 0 spiro atoms. The summed E-state index contributed by atoms with van der Waals surface area (Å²) in [5.74, 6) is -0.898. The van der Waals surface area contributed by atoms with Gasteiger partial charge in [0.2, 0.25) is 11.7 Å². The van der Waals surface area contributed by atoms with Crippen LogP contribution < -0.4 is 4.90 Å². The van der Waals surface area contributed by atoms with E-state index < -0.39 is 12.0 Å². The van der Waals surface area contributed by atoms with Gasteiger partial charge < -0.3 is 9.80 Å². The van der Waals surface area contributed by atoms with Gasteiger partial charge in [-0.2, -0.15) is 13.2 Å². The fourth-order valence-corrected chi connectivity index (χ4v) is 3.12. The molecular formula is C14H17F3N4O. The molecule has 120 valence electrons. The Balaban J connectivity index is 1.60. The average molecular weight is 314 g/mol. The van der Waals surface area contributed by atoms with Crippen molar-refractivity contribution in [1.29, 1.82) is 0 Å². The molecule has 1 aromatic heterocycles. The zero-order valence-electron chi connectivity index (χ0n) is 12.0. The maximum Gasteiger partial charge on any atom is 0.451 e. The highest BCUT2D eigenvalue weighted by molar-refractivity contribution is 5.78. The third-order valence-electron chi connectivity index (χ3n) is 4.27. The lowest BCUT2D eigenvalue weighted by atomic mass is 10.0. The number of aromatic nitrogens is 2. The van der Waals surface area contributed by atoms with E-state index in [-0.39, 0.29) is 11.9 Å². The molecule has 0 bridgehead atoms. The van der Waals surface area contributed by atoms with Gasteiger partial charge in [-0.25, -0.2) is 9.97 Å². The van der Waals surface area contributed by atoms with E-state index in [1.807, 2.05) is 9.80 Å². The lowest BCUT2D eigenvalue weighted by Gasteiger charge is -2.37. The maximum atomic E-state index is 12.4. The van der Waals surface area contributed by atoms with Gasteiger partial charge in [-0.05, 0) is 19.3 Å². The Bertz CT molecular complexity index is 538. The molecule has 0 aliphatic carbocycles. The molecule has 0 radical (unpaired) electrons. The van der Waals surface area contributed by atoms with Gasteiger partial charge >= 0.3 is 6.18 Å². The minimum atomic E-state index is -4.51. The number of hydrogen-bond acceptors (Lipinski definition) is 4. The largest absolute Gasteiger partial charge is 0.451 e. The molecule has 0 saturated carbocycles. The summed E-state index contributed by atoms with van der Waals surface area (Å²) in [6.45, 7) is 2.22. The normalized spacial score (nSPS) is 20.8. The minimum Gasteiger partial charge on any atom is -0.369 e. The second-order valence-electron chi connectivity index (χ2n) is 5.67. The molecule has 22 heavy (non-hydrogen) atoms. The summed E-state index contributed by atoms with van der Waals surface area (Å²) in [5.41, 5.74) is 0.596. The number of alkyl halides is 3. The van der Waals surface area contributed by atoms with Gasteiger partial charge in [-0.3, -0.25) is 4.79 Å². The Morgan fingerprint density at radius 2 is 1.73 bits per heavy atom. The van der Waals surface area contributed by atoms with Gasteiger partial charge in [0, 0.05) is 32.1 Å². The second-order valence-corrected chi connectivity index (χ2v) is 5.67. The molecule has 8 heteroatoms. The van der Waals surface area contributed by atoms with Crippen molar-refractivity contribution in [2.75, 3.05) is 24.5 Å². The standard InChI is InChI=1S/C14H17F3N4O/c15-14(16,17)13-18-8-11(9-19-13)20-6-3-10(4-7-20)21-5-1-2-12(21)22/h8-10H,1-7H2. The van der Waals surface area contributed by atoms with Gasteiger partial charge in [-0.1, -0.05) is 0 Å². The summed E-state index contributed by atoms with van der Waals surface area (Å²) in [6, 6.07) is 0.251. The van der Waals surface area contributed by atoms with Gasteiger partial charge in [0.25, 0.3) is 0 Å². The second kappa shape index (κ2) is 5.73. The maximum absolute atomic E-state index is 12.4. The molecule has 3 heterocycles. The van der Waals surface area contributed by atoms with Gasteiger partial charge in [0.05, 0.1) is 18.1 Å². The summed E-state index contributed by atoms with van der Waals surface area (Å²) in [7, 11) is 0. The van der Waals surface area contributed by atoms with Crippen LogP contribution in [0.2, 0.25) is 0 Å². The minimum absolute atomic E-state index is 0.219. The third kappa shape index (κ3) is 3.00. The van der Waals surface area contributed by atoms with Crippen molar-refractivity contribution < 1.29 is 18.0 Å². The summed E-state index contributed by atoms with van der Waals surface area (Å²) in [6.07, 6.45) is 1.13. The van der Waals surface area contributed by atoms with Gasteiger partial charge in [-0.15, -0.1) is 0 Å². The Labute approximate surface area is 126 Å². The number of nitrogens with zero attached hydrogens (tertiary/aromatic N) is 4. The van der Waals surface area contributed by atoms with E-state index in [1.165, 1.54) is 12.4 Å². The van der Waals surface area contributed by atoms with E-state index >= 15 is 0 Å². The molecule has 2 fully saturated rings. The molecular weight excluding hydrogens is 297 g/mol. The van der Waals surface area contributed by atoms with E-state index in [9.17, 15) is 18.0 Å². The number of piperidine rings is 1. The van der Waals surface area contributed by atoms with Crippen molar-refractivity contribution in [1.82, 2.24) is 14.9 Å². The first-order chi connectivity index (χ1) is 10.4. The summed E-state index contributed by atoms with van der Waals surface area (Å²) in [4.78, 5) is 22.4. The monoisotopic (exact) mass is 314 g/mol. The smallest absolute Gasteiger partial charge is 0.369 e. The predicted molar refractivity (Wildman–Crippen MR) is 73.2 cm³/mol. The lowest BCUT2D eigenvalue weighted by Crippen LogP contribution is -2.45. The highest BCUT2D eigenvalue weighted by Gasteiger charge is 2.35. The number of hydrogen-bond donors (Lipinski definition) is 0. The molecule has 1 amide bonds. The zero-order valence-corrected chi connectivity index (χ0v) is 12.0. The van der Waals surface area contributed by atoms with E-state index in [2.05, 4.69) is 9.97 Å². The number of likely N-dealkylation sites (tertiary alicyclic amines) is 1. The summed E-state index contributed by atoms with van der Waals surface area (Å²) < 4.78 is 37.3. The van der Waals surface area contributed by atoms with E-state index in [1.54, 1.807) is 0 Å². The number of halogens is 3. The van der Waals surface area contributed by atoms with Crippen molar-refractivity contribution in [3.8, 4) is 0 Å². The van der Waals surface area contributed by atoms with Gasteiger partial charge in [0.1, 0.15) is 0 Å². The van der Waals surface area contributed by atoms with Crippen molar-refractivity contribution in [2.24, 2.45) is 0 Å². The Kier molecular flexibility index (Phi) is 3.92. The number of anilines is 1. The fraction of sp³-hybridized carbons (Fsp3) is 0.643. The Hall–Kier alpha value is -1.86. The first-order valence-corrected chi connectivity index (χ1v) is 7.39. The van der Waals surface area contributed by atoms with Crippen LogP contribution in [0, 0.1) is 0 Å². The van der Waals surface area contributed by atoms with Crippen molar-refractivity contribution in [2.45, 2.75) is 37.9 Å². The van der Waals surface area contributed by atoms with Crippen molar-refractivity contribution >= 4 is 11.6 Å². The van der Waals surface area contributed by atoms with Crippen LogP contribution in [0.3, 0.4) is 0 Å². The number of rotatable bonds is 2.